The van der Waals surface area contributed by atoms with Crippen LogP contribution in [0.2, 0.25) is 15.1 Å². The summed E-state index contributed by atoms with van der Waals surface area (Å²) >= 11 is 18.0. The number of nitrogens with one attached hydrogen (secondary N) is 1. The number of sulfonamides is 1. The van der Waals surface area contributed by atoms with E-state index in [0.29, 0.717) is 27.0 Å². The summed E-state index contributed by atoms with van der Waals surface area (Å²) in [5, 5.41) is 3.76. The van der Waals surface area contributed by atoms with Gasteiger partial charge in [-0.3, -0.25) is 4.79 Å². The van der Waals surface area contributed by atoms with E-state index in [1.807, 2.05) is 13.0 Å². The highest BCUT2D eigenvalue weighted by Crippen LogP contribution is 2.27. The molecule has 33 heavy (non-hydrogen) atoms. The van der Waals surface area contributed by atoms with Crippen molar-refractivity contribution in [3.05, 3.63) is 86.9 Å². The Morgan fingerprint density at radius 3 is 2.30 bits per heavy atom. The smallest absolute Gasteiger partial charge is 0.243 e. The summed E-state index contributed by atoms with van der Waals surface area (Å²) in [7, 11) is -2.56. The largest absolute Gasteiger partial charge is 0.495 e. The average Bonchev–Trinajstić information content (AvgIpc) is 2.76. The Hall–Kier alpha value is -2.29. The molecule has 0 bridgehead atoms. The number of carbonyl (C=O) groups excluding carboxylic acids is 1. The molecule has 10 heteroatoms. The van der Waals surface area contributed by atoms with E-state index in [1.165, 1.54) is 31.4 Å². The number of nitrogens with zero attached hydrogens (tertiary/aromatic N) is 1. The summed E-state index contributed by atoms with van der Waals surface area (Å²) in [6.07, 6.45) is 0. The molecule has 0 unspecified atom stereocenters. The summed E-state index contributed by atoms with van der Waals surface area (Å²) in [6, 6.07) is 15.8. The Morgan fingerprint density at radius 2 is 1.67 bits per heavy atom. The van der Waals surface area contributed by atoms with E-state index in [-0.39, 0.29) is 16.5 Å². The molecule has 0 aliphatic heterocycles. The predicted octanol–water partition coefficient (Wildman–Crippen LogP) is 5.79. The number of rotatable bonds is 8. The average molecular weight is 528 g/mol. The van der Waals surface area contributed by atoms with Crippen LogP contribution in [0.5, 0.6) is 5.75 Å². The number of anilines is 1. The maximum atomic E-state index is 13.4. The Labute approximate surface area is 208 Å². The minimum Gasteiger partial charge on any atom is -0.495 e. The molecule has 3 aromatic rings. The fourth-order valence-corrected chi connectivity index (χ4v) is 4.92. The fraction of sp³-hybridized carbons (Fsp3) is 0.174. The van der Waals surface area contributed by atoms with Crippen molar-refractivity contribution in [2.24, 2.45) is 0 Å². The first kappa shape index (κ1) is 25.3. The third kappa shape index (κ3) is 6.40. The van der Waals surface area contributed by atoms with Crippen LogP contribution in [-0.2, 0) is 21.4 Å². The molecule has 0 heterocycles. The summed E-state index contributed by atoms with van der Waals surface area (Å²) in [5.74, 6) is -0.0676. The van der Waals surface area contributed by atoms with E-state index >= 15 is 0 Å². The van der Waals surface area contributed by atoms with Crippen LogP contribution in [0.3, 0.4) is 0 Å². The van der Waals surface area contributed by atoms with Crippen molar-refractivity contribution in [1.82, 2.24) is 4.31 Å². The van der Waals surface area contributed by atoms with Gasteiger partial charge in [0, 0.05) is 11.6 Å². The van der Waals surface area contributed by atoms with Crippen LogP contribution in [0.1, 0.15) is 11.1 Å². The molecule has 1 N–H and O–H groups in total. The number of benzene rings is 3. The molecule has 6 nitrogen and oxygen atoms in total. The Balaban J connectivity index is 1.92. The molecule has 0 aliphatic carbocycles. The van der Waals surface area contributed by atoms with Crippen LogP contribution >= 0.6 is 34.8 Å². The quantitative estimate of drug-likeness (QED) is 0.402. The molecular formula is C23H21Cl3N2O4S. The molecule has 3 rings (SSSR count). The number of carbonyl (C=O) groups is 1. The van der Waals surface area contributed by atoms with Crippen molar-refractivity contribution in [2.45, 2.75) is 18.4 Å². The van der Waals surface area contributed by atoms with Crippen LogP contribution in [0, 0.1) is 6.92 Å². The second kappa shape index (κ2) is 10.8. The van der Waals surface area contributed by atoms with Gasteiger partial charge < -0.3 is 10.1 Å². The first-order valence-electron chi connectivity index (χ1n) is 9.74. The van der Waals surface area contributed by atoms with E-state index in [1.54, 1.807) is 30.3 Å². The molecule has 0 aliphatic rings. The van der Waals surface area contributed by atoms with Gasteiger partial charge in [0.1, 0.15) is 5.75 Å². The number of hydrogen-bond donors (Lipinski definition) is 1. The third-order valence-corrected chi connectivity index (χ3v) is 7.54. The highest BCUT2D eigenvalue weighted by atomic mass is 35.5. The maximum absolute atomic E-state index is 13.4. The second-order valence-electron chi connectivity index (χ2n) is 7.23. The van der Waals surface area contributed by atoms with E-state index in [2.05, 4.69) is 5.32 Å². The fourth-order valence-electron chi connectivity index (χ4n) is 3.09. The molecule has 3 aromatic carbocycles. The number of halogens is 3. The summed E-state index contributed by atoms with van der Waals surface area (Å²) in [4.78, 5) is 12.9. The molecule has 0 atom stereocenters. The Kier molecular flexibility index (Phi) is 8.26. The lowest BCUT2D eigenvalue weighted by molar-refractivity contribution is -0.116. The monoisotopic (exact) mass is 526 g/mol. The normalized spacial score (nSPS) is 11.5. The summed E-state index contributed by atoms with van der Waals surface area (Å²) < 4.78 is 33.1. The van der Waals surface area contributed by atoms with Gasteiger partial charge in [0.25, 0.3) is 0 Å². The van der Waals surface area contributed by atoms with Gasteiger partial charge in [0.15, 0.2) is 0 Å². The number of ether oxygens (including phenoxy) is 1. The number of methoxy groups -OCH3 is 1. The van der Waals surface area contributed by atoms with Crippen LogP contribution in [0.4, 0.5) is 5.69 Å². The minimum atomic E-state index is -4.04. The van der Waals surface area contributed by atoms with Crippen LogP contribution in [0.15, 0.2) is 65.6 Å². The highest BCUT2D eigenvalue weighted by Gasteiger charge is 2.27. The van der Waals surface area contributed by atoms with Crippen LogP contribution in [0.25, 0.3) is 0 Å². The highest BCUT2D eigenvalue weighted by molar-refractivity contribution is 7.89. The molecule has 0 radical (unpaired) electrons. The van der Waals surface area contributed by atoms with E-state index in [9.17, 15) is 13.2 Å². The minimum absolute atomic E-state index is 0.00731. The molecule has 0 aromatic heterocycles. The van der Waals surface area contributed by atoms with Crippen molar-refractivity contribution in [1.29, 1.82) is 0 Å². The zero-order chi connectivity index (χ0) is 24.2. The standard InChI is InChI=1S/C23H21Cl3N2O4S/c1-15-3-10-22(32-2)21(11-15)27-23(29)14-28(13-16-4-9-19(25)20(26)12-16)33(30,31)18-7-5-17(24)6-8-18/h3-12H,13-14H2,1-2H3,(H,27,29). The lowest BCUT2D eigenvalue weighted by Gasteiger charge is -2.22. The van der Waals surface area contributed by atoms with Gasteiger partial charge in [-0.2, -0.15) is 4.31 Å². The third-order valence-electron chi connectivity index (χ3n) is 4.74. The van der Waals surface area contributed by atoms with Gasteiger partial charge in [-0.1, -0.05) is 46.9 Å². The lowest BCUT2D eigenvalue weighted by Crippen LogP contribution is -2.37. The van der Waals surface area contributed by atoms with Crippen molar-refractivity contribution in [3.8, 4) is 5.75 Å². The first-order chi connectivity index (χ1) is 15.6. The predicted molar refractivity (Wildman–Crippen MR) is 132 cm³/mol. The molecule has 174 valence electrons. The summed E-state index contributed by atoms with van der Waals surface area (Å²) in [6.45, 7) is 1.33. The molecule has 0 fully saturated rings. The van der Waals surface area contributed by atoms with Crippen molar-refractivity contribution in [2.75, 3.05) is 19.0 Å². The van der Waals surface area contributed by atoms with Gasteiger partial charge in [0.2, 0.25) is 15.9 Å². The molecule has 0 saturated carbocycles. The molecule has 0 saturated heterocycles. The zero-order valence-electron chi connectivity index (χ0n) is 17.8. The van der Waals surface area contributed by atoms with Gasteiger partial charge in [-0.05, 0) is 66.6 Å². The zero-order valence-corrected chi connectivity index (χ0v) is 20.9. The van der Waals surface area contributed by atoms with Crippen molar-refractivity contribution < 1.29 is 17.9 Å². The van der Waals surface area contributed by atoms with Crippen LogP contribution in [-0.4, -0.2) is 32.3 Å². The SMILES string of the molecule is COc1ccc(C)cc1NC(=O)CN(Cc1ccc(Cl)c(Cl)c1)S(=O)(=O)c1ccc(Cl)cc1. The van der Waals surface area contributed by atoms with Gasteiger partial charge in [-0.25, -0.2) is 8.42 Å². The topological polar surface area (TPSA) is 75.7 Å². The lowest BCUT2D eigenvalue weighted by atomic mass is 10.2. The van der Waals surface area contributed by atoms with Crippen molar-refractivity contribution >= 4 is 56.4 Å². The maximum Gasteiger partial charge on any atom is 0.243 e. The van der Waals surface area contributed by atoms with Crippen LogP contribution < -0.4 is 10.1 Å². The molecular weight excluding hydrogens is 507 g/mol. The number of amides is 1. The second-order valence-corrected chi connectivity index (χ2v) is 10.4. The van der Waals surface area contributed by atoms with Gasteiger partial charge in [-0.15, -0.1) is 0 Å². The number of aryl methyl sites for hydroxylation is 1. The Morgan fingerprint density at radius 1 is 0.970 bits per heavy atom. The van der Waals surface area contributed by atoms with Gasteiger partial charge >= 0.3 is 0 Å². The number of hydrogen-bond acceptors (Lipinski definition) is 4. The van der Waals surface area contributed by atoms with E-state index in [0.717, 1.165) is 9.87 Å². The first-order valence-corrected chi connectivity index (χ1v) is 12.3. The van der Waals surface area contributed by atoms with E-state index in [4.69, 9.17) is 39.5 Å². The van der Waals surface area contributed by atoms with Crippen molar-refractivity contribution in [3.63, 3.8) is 0 Å². The molecule has 1 amide bonds. The molecule has 0 spiro atoms. The Bertz CT molecular complexity index is 1270. The van der Waals surface area contributed by atoms with E-state index < -0.39 is 22.5 Å². The van der Waals surface area contributed by atoms with Gasteiger partial charge in [0.05, 0.1) is 34.3 Å². The summed E-state index contributed by atoms with van der Waals surface area (Å²) in [5.41, 5.74) is 1.93.